The molecule has 38 heavy (non-hydrogen) atoms. The summed E-state index contributed by atoms with van der Waals surface area (Å²) in [5.41, 5.74) is 3.58. The molecule has 1 fully saturated rings. The molecule has 1 amide bonds. The number of pyridine rings is 1. The van der Waals surface area contributed by atoms with Crippen LogP contribution in [0.2, 0.25) is 0 Å². The van der Waals surface area contributed by atoms with Crippen molar-refractivity contribution < 1.29 is 14.3 Å². The lowest BCUT2D eigenvalue weighted by atomic mass is 10.2. The van der Waals surface area contributed by atoms with Crippen molar-refractivity contribution in [3.8, 4) is 11.5 Å². The number of thioether (sulfide) groups is 1. The third-order valence-corrected chi connectivity index (χ3v) is 8.60. The highest BCUT2D eigenvalue weighted by Crippen LogP contribution is 2.37. The lowest BCUT2D eigenvalue weighted by molar-refractivity contribution is -0.122. The Morgan fingerprint density at radius 3 is 2.68 bits per heavy atom. The van der Waals surface area contributed by atoms with Gasteiger partial charge in [0.2, 0.25) is 6.79 Å². The Morgan fingerprint density at radius 2 is 1.87 bits per heavy atom. The molecular weight excluding hydrogens is 539 g/mol. The number of aryl methyl sites for hydroxylation is 2. The lowest BCUT2D eigenvalue weighted by Crippen LogP contribution is -2.27. The van der Waals surface area contributed by atoms with Gasteiger partial charge in [-0.15, -0.1) is 0 Å². The molecule has 7 nitrogen and oxygen atoms in total. The maximum Gasteiger partial charge on any atom is 0.266 e. The van der Waals surface area contributed by atoms with Crippen LogP contribution in [-0.2, 0) is 11.3 Å². The van der Waals surface area contributed by atoms with E-state index in [1.807, 2.05) is 68.4 Å². The third kappa shape index (κ3) is 4.59. The predicted octanol–water partition coefficient (Wildman–Crippen LogP) is 5.59. The van der Waals surface area contributed by atoms with Crippen molar-refractivity contribution >= 4 is 57.7 Å². The highest BCUT2D eigenvalue weighted by Gasteiger charge is 2.33. The van der Waals surface area contributed by atoms with Crippen molar-refractivity contribution in [2.75, 3.05) is 6.79 Å². The van der Waals surface area contributed by atoms with E-state index in [1.165, 1.54) is 32.8 Å². The normalized spacial score (nSPS) is 15.7. The fourth-order valence-electron chi connectivity index (χ4n) is 4.20. The van der Waals surface area contributed by atoms with Gasteiger partial charge >= 0.3 is 0 Å². The van der Waals surface area contributed by atoms with Gasteiger partial charge in [-0.25, -0.2) is 4.98 Å². The number of rotatable bonds is 5. The van der Waals surface area contributed by atoms with Crippen molar-refractivity contribution in [1.82, 2.24) is 14.3 Å². The SMILES string of the molecule is Cc1ccc(Sc2nc3c(C)cccn3c(=O)c2C=C2SC(=S)N(Cc3ccc4c(c3)OCO4)C2=O)cc1. The van der Waals surface area contributed by atoms with Crippen molar-refractivity contribution in [3.63, 3.8) is 0 Å². The van der Waals surface area contributed by atoms with Crippen molar-refractivity contribution in [2.45, 2.75) is 30.3 Å². The molecule has 0 aliphatic carbocycles. The Labute approximate surface area is 232 Å². The van der Waals surface area contributed by atoms with Crippen LogP contribution in [0.25, 0.3) is 11.7 Å². The van der Waals surface area contributed by atoms with Crippen LogP contribution in [0, 0.1) is 13.8 Å². The van der Waals surface area contributed by atoms with Gasteiger partial charge in [-0.1, -0.05) is 65.6 Å². The zero-order valence-electron chi connectivity index (χ0n) is 20.5. The standard InChI is InChI=1S/C28H21N3O4S3/c1-16-5-8-19(9-6-16)37-25-20(26(32)30-11-3-4-17(2)24(30)29-25)13-23-27(33)31(28(36)38-23)14-18-7-10-21-22(12-18)35-15-34-21/h3-13H,14-15H2,1-2H3. The number of thiocarbonyl (C=S) groups is 1. The Bertz CT molecular complexity index is 1710. The van der Waals surface area contributed by atoms with E-state index in [0.29, 0.717) is 37.0 Å². The number of ether oxygens (including phenoxy) is 2. The summed E-state index contributed by atoms with van der Waals surface area (Å²) in [4.78, 5) is 34.8. The highest BCUT2D eigenvalue weighted by atomic mass is 32.2. The topological polar surface area (TPSA) is 73.1 Å². The first-order chi connectivity index (χ1) is 18.4. The molecule has 2 aromatic carbocycles. The van der Waals surface area contributed by atoms with Gasteiger partial charge in [0.25, 0.3) is 11.5 Å². The van der Waals surface area contributed by atoms with Gasteiger partial charge in [0, 0.05) is 11.1 Å². The highest BCUT2D eigenvalue weighted by molar-refractivity contribution is 8.26. The van der Waals surface area contributed by atoms with E-state index in [4.69, 9.17) is 26.7 Å². The third-order valence-electron chi connectivity index (χ3n) is 6.21. The van der Waals surface area contributed by atoms with E-state index in [-0.39, 0.29) is 24.8 Å². The van der Waals surface area contributed by atoms with Gasteiger partial charge in [-0.2, -0.15) is 0 Å². The van der Waals surface area contributed by atoms with Crippen LogP contribution in [0.4, 0.5) is 0 Å². The molecule has 0 unspecified atom stereocenters. The van der Waals surface area contributed by atoms with Crippen LogP contribution in [0.5, 0.6) is 11.5 Å². The van der Waals surface area contributed by atoms with Gasteiger partial charge in [-0.3, -0.25) is 18.9 Å². The molecule has 2 aromatic heterocycles. The summed E-state index contributed by atoms with van der Waals surface area (Å²) >= 11 is 8.14. The first kappa shape index (κ1) is 24.7. The van der Waals surface area contributed by atoms with Gasteiger partial charge in [-0.05, 0) is 61.4 Å². The fourth-order valence-corrected chi connectivity index (χ4v) is 6.32. The Hall–Kier alpha value is -3.60. The lowest BCUT2D eigenvalue weighted by Gasteiger charge is -2.14. The van der Waals surface area contributed by atoms with E-state index in [1.54, 1.807) is 12.3 Å². The minimum Gasteiger partial charge on any atom is -0.454 e. The summed E-state index contributed by atoms with van der Waals surface area (Å²) in [6.07, 6.45) is 3.32. The summed E-state index contributed by atoms with van der Waals surface area (Å²) in [6, 6.07) is 17.3. The molecule has 0 N–H and O–H groups in total. The molecule has 2 aliphatic heterocycles. The fraction of sp³-hybridized carbons (Fsp3) is 0.143. The number of carbonyl (C=O) groups excluding carboxylic acids is 1. The van der Waals surface area contributed by atoms with E-state index in [0.717, 1.165) is 21.6 Å². The predicted molar refractivity (Wildman–Crippen MR) is 153 cm³/mol. The molecule has 4 heterocycles. The molecule has 0 bridgehead atoms. The molecule has 0 spiro atoms. The maximum atomic E-state index is 13.7. The molecule has 2 aliphatic rings. The number of benzene rings is 2. The second kappa shape index (κ2) is 9.94. The molecule has 6 rings (SSSR count). The number of hydrogen-bond donors (Lipinski definition) is 0. The molecule has 0 atom stereocenters. The molecule has 0 radical (unpaired) electrons. The van der Waals surface area contributed by atoms with E-state index < -0.39 is 0 Å². The first-order valence-corrected chi connectivity index (χ1v) is 13.8. The first-order valence-electron chi connectivity index (χ1n) is 11.8. The Balaban J connectivity index is 1.38. The number of amides is 1. The molecule has 0 saturated carbocycles. The quantitative estimate of drug-likeness (QED) is 0.178. The maximum absolute atomic E-state index is 13.7. The number of hydrogen-bond acceptors (Lipinski definition) is 8. The molecule has 1 saturated heterocycles. The van der Waals surface area contributed by atoms with Crippen LogP contribution in [0.15, 0.2) is 80.4 Å². The smallest absolute Gasteiger partial charge is 0.266 e. The largest absolute Gasteiger partial charge is 0.454 e. The zero-order valence-corrected chi connectivity index (χ0v) is 22.9. The second-order valence-corrected chi connectivity index (χ2v) is 11.6. The average molecular weight is 560 g/mol. The van der Waals surface area contributed by atoms with Gasteiger partial charge < -0.3 is 9.47 Å². The monoisotopic (exact) mass is 559 g/mol. The average Bonchev–Trinajstić information content (AvgIpc) is 3.48. The molecular formula is C28H21N3O4S3. The second-order valence-electron chi connectivity index (χ2n) is 8.89. The molecule has 190 valence electrons. The zero-order chi connectivity index (χ0) is 26.4. The summed E-state index contributed by atoms with van der Waals surface area (Å²) in [6.45, 7) is 4.41. The summed E-state index contributed by atoms with van der Waals surface area (Å²) in [7, 11) is 0. The van der Waals surface area contributed by atoms with Crippen LogP contribution in [-0.4, -0.2) is 31.3 Å². The summed E-state index contributed by atoms with van der Waals surface area (Å²) < 4.78 is 12.8. The van der Waals surface area contributed by atoms with Gasteiger partial charge in [0.15, 0.2) is 11.5 Å². The number of fused-ring (bicyclic) bond motifs is 2. The molecule has 10 heteroatoms. The Kier molecular flexibility index (Phi) is 6.46. The number of nitrogens with zero attached hydrogens (tertiary/aromatic N) is 3. The van der Waals surface area contributed by atoms with Crippen molar-refractivity contribution in [3.05, 3.63) is 98.3 Å². The number of carbonyl (C=O) groups is 1. The van der Waals surface area contributed by atoms with E-state index in [2.05, 4.69) is 0 Å². The molecule has 4 aromatic rings. The van der Waals surface area contributed by atoms with Crippen molar-refractivity contribution in [2.24, 2.45) is 0 Å². The van der Waals surface area contributed by atoms with Gasteiger partial charge in [0.1, 0.15) is 15.0 Å². The van der Waals surface area contributed by atoms with Crippen LogP contribution in [0.1, 0.15) is 22.3 Å². The van der Waals surface area contributed by atoms with Crippen LogP contribution in [0.3, 0.4) is 0 Å². The van der Waals surface area contributed by atoms with Crippen molar-refractivity contribution in [1.29, 1.82) is 0 Å². The minimum absolute atomic E-state index is 0.181. The van der Waals surface area contributed by atoms with Crippen LogP contribution >= 0.6 is 35.7 Å². The van der Waals surface area contributed by atoms with Gasteiger partial charge in [0.05, 0.1) is 17.0 Å². The summed E-state index contributed by atoms with van der Waals surface area (Å²) in [5.74, 6) is 1.07. The summed E-state index contributed by atoms with van der Waals surface area (Å²) in [5, 5.41) is 0.536. The van der Waals surface area contributed by atoms with E-state index in [9.17, 15) is 9.59 Å². The van der Waals surface area contributed by atoms with Crippen LogP contribution < -0.4 is 15.0 Å². The number of aromatic nitrogens is 2. The minimum atomic E-state index is -0.252. The Morgan fingerprint density at radius 1 is 1.08 bits per heavy atom. The van der Waals surface area contributed by atoms with E-state index >= 15 is 0 Å².